The van der Waals surface area contributed by atoms with Gasteiger partial charge in [-0.25, -0.2) is 0 Å². The number of nitrogens with one attached hydrogen (secondary N) is 1. The summed E-state index contributed by atoms with van der Waals surface area (Å²) in [6.07, 6.45) is 8.24. The Labute approximate surface area is 100 Å². The first-order valence-electron chi connectivity index (χ1n) is 6.57. The topological polar surface area (TPSA) is 51.0 Å². The van der Waals surface area contributed by atoms with Crippen LogP contribution in [0.1, 0.15) is 56.7 Å². The average Bonchev–Trinajstić information content (AvgIpc) is 2.98. The molecule has 2 unspecified atom stereocenters. The zero-order chi connectivity index (χ0) is 11.5. The van der Waals surface area contributed by atoms with Crippen molar-refractivity contribution in [3.8, 4) is 0 Å². The van der Waals surface area contributed by atoms with E-state index in [0.717, 1.165) is 18.1 Å². The van der Waals surface area contributed by atoms with Gasteiger partial charge in [0, 0.05) is 23.1 Å². The average molecular weight is 231 g/mol. The van der Waals surface area contributed by atoms with Crippen LogP contribution in [-0.4, -0.2) is 21.7 Å². The fourth-order valence-electron chi connectivity index (χ4n) is 3.11. The quantitative estimate of drug-likeness (QED) is 0.848. The fraction of sp³-hybridized carbons (Fsp3) is 0.692. The number of aromatic nitrogens is 2. The van der Waals surface area contributed by atoms with Gasteiger partial charge in [-0.15, -0.1) is 0 Å². The summed E-state index contributed by atoms with van der Waals surface area (Å²) in [7, 11) is 0. The molecular formula is C13H17N3O. The Kier molecular flexibility index (Phi) is 1.85. The predicted octanol–water partition coefficient (Wildman–Crippen LogP) is 2.24. The van der Waals surface area contributed by atoms with Crippen LogP contribution in [0.4, 0.5) is 0 Å². The van der Waals surface area contributed by atoms with Crippen molar-refractivity contribution in [1.82, 2.24) is 15.5 Å². The molecule has 4 heteroatoms. The molecule has 2 aliphatic heterocycles. The maximum absolute atomic E-state index is 5.45. The molecule has 2 fully saturated rings. The van der Waals surface area contributed by atoms with Crippen molar-refractivity contribution >= 4 is 5.57 Å². The van der Waals surface area contributed by atoms with E-state index in [0.29, 0.717) is 12.0 Å². The standard InChI is InChI=1S/C13H17N3O/c1-13-7-6-9(15-13)4-5-10(13)12-14-11(16-17-12)8-2-3-8/h5,8-9,15H,2-4,6-7H2,1H3. The van der Waals surface area contributed by atoms with E-state index in [2.05, 4.69) is 28.5 Å². The van der Waals surface area contributed by atoms with E-state index in [9.17, 15) is 0 Å². The summed E-state index contributed by atoms with van der Waals surface area (Å²) < 4.78 is 5.45. The second-order valence-corrected chi connectivity index (χ2v) is 5.80. The third-order valence-electron chi connectivity index (χ3n) is 4.33. The minimum atomic E-state index is 0.0519. The van der Waals surface area contributed by atoms with Crippen LogP contribution in [0.2, 0.25) is 0 Å². The summed E-state index contributed by atoms with van der Waals surface area (Å²) in [5, 5.41) is 7.79. The van der Waals surface area contributed by atoms with Crippen LogP contribution in [0, 0.1) is 0 Å². The zero-order valence-electron chi connectivity index (χ0n) is 10.1. The van der Waals surface area contributed by atoms with Crippen molar-refractivity contribution in [2.24, 2.45) is 0 Å². The molecule has 4 nitrogen and oxygen atoms in total. The summed E-state index contributed by atoms with van der Waals surface area (Å²) in [6.45, 7) is 2.25. The Morgan fingerprint density at radius 3 is 3.12 bits per heavy atom. The molecular weight excluding hydrogens is 214 g/mol. The molecule has 0 radical (unpaired) electrons. The minimum Gasteiger partial charge on any atom is -0.334 e. The molecule has 3 aliphatic rings. The lowest BCUT2D eigenvalue weighted by Crippen LogP contribution is -2.43. The molecule has 1 aromatic heterocycles. The van der Waals surface area contributed by atoms with Crippen LogP contribution in [0.15, 0.2) is 10.6 Å². The van der Waals surface area contributed by atoms with Crippen molar-refractivity contribution in [3.05, 3.63) is 17.8 Å². The van der Waals surface area contributed by atoms with Crippen molar-refractivity contribution in [2.75, 3.05) is 0 Å². The largest absolute Gasteiger partial charge is 0.334 e. The van der Waals surface area contributed by atoms with Crippen molar-refractivity contribution in [2.45, 2.75) is 56.5 Å². The van der Waals surface area contributed by atoms with Gasteiger partial charge in [-0.05, 0) is 39.0 Å². The Morgan fingerprint density at radius 1 is 1.41 bits per heavy atom. The molecule has 1 saturated heterocycles. The molecule has 1 aliphatic carbocycles. The molecule has 17 heavy (non-hydrogen) atoms. The highest BCUT2D eigenvalue weighted by Gasteiger charge is 2.43. The van der Waals surface area contributed by atoms with E-state index >= 15 is 0 Å². The molecule has 1 aromatic rings. The monoisotopic (exact) mass is 231 g/mol. The number of fused-ring (bicyclic) bond motifs is 2. The molecule has 0 amide bonds. The van der Waals surface area contributed by atoms with Gasteiger partial charge in [-0.1, -0.05) is 11.2 Å². The van der Waals surface area contributed by atoms with Crippen LogP contribution < -0.4 is 5.32 Å². The van der Waals surface area contributed by atoms with Crippen LogP contribution in [0.3, 0.4) is 0 Å². The summed E-state index contributed by atoms with van der Waals surface area (Å²) in [4.78, 5) is 4.57. The summed E-state index contributed by atoms with van der Waals surface area (Å²) in [6, 6.07) is 0.648. The lowest BCUT2D eigenvalue weighted by Gasteiger charge is -2.30. The lowest BCUT2D eigenvalue weighted by atomic mass is 9.89. The molecule has 1 N–H and O–H groups in total. The number of hydrogen-bond donors (Lipinski definition) is 1. The minimum absolute atomic E-state index is 0.0519. The number of nitrogens with zero attached hydrogens (tertiary/aromatic N) is 2. The van der Waals surface area contributed by atoms with Crippen molar-refractivity contribution < 1.29 is 4.52 Å². The highest BCUT2D eigenvalue weighted by Crippen LogP contribution is 2.42. The summed E-state index contributed by atoms with van der Waals surface area (Å²) in [5.74, 6) is 2.21. The molecule has 3 heterocycles. The third kappa shape index (κ3) is 1.47. The van der Waals surface area contributed by atoms with Crippen molar-refractivity contribution in [1.29, 1.82) is 0 Å². The molecule has 4 rings (SSSR count). The third-order valence-corrected chi connectivity index (χ3v) is 4.33. The molecule has 1 saturated carbocycles. The van der Waals surface area contributed by atoms with E-state index in [4.69, 9.17) is 4.52 Å². The van der Waals surface area contributed by atoms with Gasteiger partial charge >= 0.3 is 0 Å². The second-order valence-electron chi connectivity index (χ2n) is 5.80. The van der Waals surface area contributed by atoms with E-state index < -0.39 is 0 Å². The van der Waals surface area contributed by atoms with Crippen LogP contribution in [-0.2, 0) is 0 Å². The van der Waals surface area contributed by atoms with E-state index in [-0.39, 0.29) is 5.54 Å². The highest BCUT2D eigenvalue weighted by molar-refractivity contribution is 5.69. The second kappa shape index (κ2) is 3.19. The molecule has 2 bridgehead atoms. The van der Waals surface area contributed by atoms with Crippen LogP contribution >= 0.6 is 0 Å². The SMILES string of the molecule is CC12CCC(CC=C1c1nc(C3CC3)no1)N2. The first-order valence-corrected chi connectivity index (χ1v) is 6.57. The lowest BCUT2D eigenvalue weighted by molar-refractivity contribution is 0.383. The van der Waals surface area contributed by atoms with Gasteiger partial charge in [0.2, 0.25) is 0 Å². The van der Waals surface area contributed by atoms with Gasteiger partial charge in [0.25, 0.3) is 5.89 Å². The zero-order valence-corrected chi connectivity index (χ0v) is 10.1. The predicted molar refractivity (Wildman–Crippen MR) is 63.4 cm³/mol. The van der Waals surface area contributed by atoms with Gasteiger partial charge in [0.15, 0.2) is 5.82 Å². The van der Waals surface area contributed by atoms with Crippen LogP contribution in [0.5, 0.6) is 0 Å². The Balaban J connectivity index is 1.70. The van der Waals surface area contributed by atoms with Gasteiger partial charge in [0.05, 0.1) is 0 Å². The first-order chi connectivity index (χ1) is 8.24. The Bertz CT molecular complexity index is 489. The van der Waals surface area contributed by atoms with Gasteiger partial charge in [-0.3, -0.25) is 0 Å². The number of rotatable bonds is 2. The van der Waals surface area contributed by atoms with E-state index in [1.807, 2.05) is 0 Å². The number of hydrogen-bond acceptors (Lipinski definition) is 4. The van der Waals surface area contributed by atoms with Crippen molar-refractivity contribution in [3.63, 3.8) is 0 Å². The van der Waals surface area contributed by atoms with Gasteiger partial charge < -0.3 is 9.84 Å². The summed E-state index contributed by atoms with van der Waals surface area (Å²) >= 11 is 0. The maximum atomic E-state index is 5.45. The fourth-order valence-corrected chi connectivity index (χ4v) is 3.11. The molecule has 0 aromatic carbocycles. The summed E-state index contributed by atoms with van der Waals surface area (Å²) in [5.41, 5.74) is 1.27. The smallest absolute Gasteiger partial charge is 0.255 e. The Morgan fingerprint density at radius 2 is 2.29 bits per heavy atom. The van der Waals surface area contributed by atoms with E-state index in [1.54, 1.807) is 0 Å². The highest BCUT2D eigenvalue weighted by atomic mass is 16.5. The molecule has 0 spiro atoms. The van der Waals surface area contributed by atoms with Gasteiger partial charge in [-0.2, -0.15) is 4.98 Å². The molecule has 2 atom stereocenters. The molecule has 90 valence electrons. The Hall–Kier alpha value is -1.16. The maximum Gasteiger partial charge on any atom is 0.255 e. The van der Waals surface area contributed by atoms with Crippen LogP contribution in [0.25, 0.3) is 5.57 Å². The van der Waals surface area contributed by atoms with E-state index in [1.165, 1.54) is 31.3 Å². The first kappa shape index (κ1) is 9.83. The van der Waals surface area contributed by atoms with Gasteiger partial charge in [0.1, 0.15) is 0 Å². The normalized spacial score (nSPS) is 36.1.